The molecule has 0 spiro atoms. The molecule has 1 aliphatic rings. The monoisotopic (exact) mass is 545 g/mol. The lowest BCUT2D eigenvalue weighted by Crippen LogP contribution is -2.75. The van der Waals surface area contributed by atoms with Gasteiger partial charge in [-0.05, 0) is 12.8 Å². The van der Waals surface area contributed by atoms with Crippen LogP contribution in [0.1, 0.15) is 32.1 Å². The largest absolute Gasteiger partial charge is 0.460 e. The van der Waals surface area contributed by atoms with E-state index in [1.807, 2.05) is 0 Å². The molecular weight excluding hydrogens is 533 g/mol. The fourth-order valence-corrected chi connectivity index (χ4v) is 2.83. The molecule has 1 rings (SSSR count). The van der Waals surface area contributed by atoms with E-state index in [-0.39, 0.29) is 25.7 Å². The van der Waals surface area contributed by atoms with Crippen molar-refractivity contribution in [2.24, 2.45) is 0 Å². The summed E-state index contributed by atoms with van der Waals surface area (Å²) >= 11 is 0. The van der Waals surface area contributed by atoms with Gasteiger partial charge in [-0.1, -0.05) is 19.3 Å². The molecule has 0 radical (unpaired) electrons. The molecular formula is C15H12F17NO. The van der Waals surface area contributed by atoms with Crippen LogP contribution in [0.25, 0.3) is 0 Å². The van der Waals surface area contributed by atoms with E-state index in [1.165, 1.54) is 0 Å². The Labute approximate surface area is 177 Å². The van der Waals surface area contributed by atoms with Crippen molar-refractivity contribution in [1.82, 2.24) is 5.32 Å². The van der Waals surface area contributed by atoms with Crippen LogP contribution in [0.3, 0.4) is 0 Å². The Morgan fingerprint density at radius 3 is 1.18 bits per heavy atom. The summed E-state index contributed by atoms with van der Waals surface area (Å²) in [5.74, 6) is -61.1. The smallest absolute Gasteiger partial charge is 0.348 e. The van der Waals surface area contributed by atoms with Crippen molar-refractivity contribution in [1.29, 1.82) is 0 Å². The maximum absolute atomic E-state index is 13.7. The fourth-order valence-electron chi connectivity index (χ4n) is 2.83. The van der Waals surface area contributed by atoms with Crippen molar-refractivity contribution in [3.63, 3.8) is 0 Å². The fraction of sp³-hybridized carbons (Fsp3) is 0.933. The van der Waals surface area contributed by atoms with Crippen LogP contribution in [-0.2, 0) is 4.79 Å². The number of nitrogens with one attached hydrogen (secondary N) is 1. The van der Waals surface area contributed by atoms with Crippen LogP contribution in [0.15, 0.2) is 0 Å². The van der Waals surface area contributed by atoms with Gasteiger partial charge in [-0.2, -0.15) is 74.6 Å². The standard InChI is InChI=1S/C15H12F17NO/c16-8(17,7(34)33-6-4-2-1-3-5-6)9(18,19)10(20,21)11(22,23)12(24,25)13(26,27)14(28,29)15(30,31)32/h6H,1-5H2,(H,33,34). The molecule has 202 valence electrons. The molecule has 0 atom stereocenters. The van der Waals surface area contributed by atoms with Gasteiger partial charge in [-0.25, -0.2) is 0 Å². The molecule has 0 aromatic heterocycles. The third kappa shape index (κ3) is 4.13. The molecule has 34 heavy (non-hydrogen) atoms. The number of rotatable bonds is 8. The van der Waals surface area contributed by atoms with E-state index in [2.05, 4.69) is 0 Å². The van der Waals surface area contributed by atoms with Gasteiger partial charge in [0, 0.05) is 6.04 Å². The van der Waals surface area contributed by atoms with Gasteiger partial charge >= 0.3 is 47.6 Å². The van der Waals surface area contributed by atoms with E-state index in [9.17, 15) is 79.4 Å². The molecule has 0 bridgehead atoms. The van der Waals surface area contributed by atoms with Gasteiger partial charge in [0.25, 0.3) is 5.91 Å². The summed E-state index contributed by atoms with van der Waals surface area (Å²) in [5.41, 5.74) is 0. The Hall–Kier alpha value is -1.72. The lowest BCUT2D eigenvalue weighted by Gasteiger charge is -2.42. The number of carbonyl (C=O) groups excluding carboxylic acids is 1. The molecule has 0 saturated heterocycles. The van der Waals surface area contributed by atoms with Crippen LogP contribution in [0.5, 0.6) is 0 Å². The highest BCUT2D eigenvalue weighted by molar-refractivity contribution is 5.85. The Kier molecular flexibility index (Phi) is 7.53. The minimum Gasteiger partial charge on any atom is -0.348 e. The van der Waals surface area contributed by atoms with Crippen LogP contribution < -0.4 is 5.32 Å². The lowest BCUT2D eigenvalue weighted by atomic mass is 9.88. The van der Waals surface area contributed by atoms with Gasteiger partial charge in [-0.15, -0.1) is 0 Å². The summed E-state index contributed by atoms with van der Waals surface area (Å²) in [6.45, 7) is 0. The quantitative estimate of drug-likeness (QED) is 0.350. The third-order valence-electron chi connectivity index (χ3n) is 4.95. The van der Waals surface area contributed by atoms with Crippen LogP contribution in [-0.4, -0.2) is 59.6 Å². The minimum absolute atomic E-state index is 0.190. The maximum atomic E-state index is 13.7. The first-order chi connectivity index (χ1) is 14.7. The highest BCUT2D eigenvalue weighted by Gasteiger charge is 2.95. The van der Waals surface area contributed by atoms with Crippen molar-refractivity contribution >= 4 is 5.91 Å². The average Bonchev–Trinajstić information content (AvgIpc) is 2.66. The van der Waals surface area contributed by atoms with Crippen LogP contribution in [0, 0.1) is 0 Å². The molecule has 0 heterocycles. The van der Waals surface area contributed by atoms with Crippen LogP contribution >= 0.6 is 0 Å². The zero-order valence-corrected chi connectivity index (χ0v) is 15.9. The maximum Gasteiger partial charge on any atom is 0.460 e. The topological polar surface area (TPSA) is 29.1 Å². The summed E-state index contributed by atoms with van der Waals surface area (Å²) < 4.78 is 223. The molecule has 1 N–H and O–H groups in total. The van der Waals surface area contributed by atoms with Gasteiger partial charge in [0.2, 0.25) is 0 Å². The first kappa shape index (κ1) is 30.3. The summed E-state index contributed by atoms with van der Waals surface area (Å²) in [5, 5.41) is 1.05. The minimum atomic E-state index is -8.71. The van der Waals surface area contributed by atoms with E-state index in [0.717, 1.165) is 5.32 Å². The van der Waals surface area contributed by atoms with Crippen molar-refractivity contribution in [3.05, 3.63) is 0 Å². The van der Waals surface area contributed by atoms with Crippen molar-refractivity contribution in [3.8, 4) is 0 Å². The average molecular weight is 545 g/mol. The van der Waals surface area contributed by atoms with Crippen molar-refractivity contribution in [2.75, 3.05) is 0 Å². The Balaban J connectivity index is 3.48. The number of carbonyl (C=O) groups is 1. The van der Waals surface area contributed by atoms with Gasteiger partial charge < -0.3 is 5.32 Å². The number of amides is 1. The number of halogens is 17. The van der Waals surface area contributed by atoms with Crippen LogP contribution in [0.2, 0.25) is 0 Å². The first-order valence-corrected chi connectivity index (χ1v) is 8.77. The van der Waals surface area contributed by atoms with Gasteiger partial charge in [0.05, 0.1) is 0 Å². The molecule has 2 nitrogen and oxygen atoms in total. The zero-order valence-electron chi connectivity index (χ0n) is 15.9. The lowest BCUT2D eigenvalue weighted by molar-refractivity contribution is -0.459. The van der Waals surface area contributed by atoms with Gasteiger partial charge in [0.1, 0.15) is 0 Å². The van der Waals surface area contributed by atoms with Crippen molar-refractivity contribution in [2.45, 2.75) is 85.8 Å². The Morgan fingerprint density at radius 2 is 0.824 bits per heavy atom. The molecule has 0 unspecified atom stereocenters. The van der Waals surface area contributed by atoms with E-state index >= 15 is 0 Å². The van der Waals surface area contributed by atoms with Gasteiger partial charge in [-0.3, -0.25) is 4.79 Å². The van der Waals surface area contributed by atoms with E-state index in [0.29, 0.717) is 6.42 Å². The summed E-state index contributed by atoms with van der Waals surface area (Å²) in [6.07, 6.45) is -7.37. The van der Waals surface area contributed by atoms with Crippen LogP contribution in [0.4, 0.5) is 74.6 Å². The van der Waals surface area contributed by atoms with Crippen molar-refractivity contribution < 1.29 is 79.4 Å². The first-order valence-electron chi connectivity index (χ1n) is 8.77. The molecule has 0 aliphatic heterocycles. The number of hydrogen-bond donors (Lipinski definition) is 1. The van der Waals surface area contributed by atoms with E-state index in [1.54, 1.807) is 0 Å². The summed E-state index contributed by atoms with van der Waals surface area (Å²) in [7, 11) is 0. The second-order valence-corrected chi connectivity index (χ2v) is 7.33. The van der Waals surface area contributed by atoms with Gasteiger partial charge in [0.15, 0.2) is 0 Å². The molecule has 19 heteroatoms. The molecule has 1 amide bonds. The Morgan fingerprint density at radius 1 is 0.500 bits per heavy atom. The molecule has 0 aromatic rings. The summed E-state index contributed by atoms with van der Waals surface area (Å²) in [6, 6.07) is -1.40. The molecule has 1 aliphatic carbocycles. The third-order valence-corrected chi connectivity index (χ3v) is 4.95. The SMILES string of the molecule is O=C(NC1CCCCC1)C(F)(F)C(F)(F)C(F)(F)C(F)(F)C(F)(F)C(F)(F)C(F)(F)C(F)(F)F. The number of hydrogen-bond acceptors (Lipinski definition) is 1. The molecule has 1 fully saturated rings. The normalized spacial score (nSPS) is 18.7. The highest BCUT2D eigenvalue weighted by Crippen LogP contribution is 2.63. The molecule has 1 saturated carbocycles. The predicted octanol–water partition coefficient (Wildman–Crippen LogP) is 6.44. The molecule has 0 aromatic carbocycles. The number of alkyl halides is 17. The summed E-state index contributed by atoms with van der Waals surface area (Å²) in [4.78, 5) is 11.4. The van der Waals surface area contributed by atoms with E-state index < -0.39 is 59.6 Å². The van der Waals surface area contributed by atoms with E-state index in [4.69, 9.17) is 0 Å². The second kappa shape index (κ2) is 8.44. The highest BCUT2D eigenvalue weighted by atomic mass is 19.4. The second-order valence-electron chi connectivity index (χ2n) is 7.33. The predicted molar refractivity (Wildman–Crippen MR) is 75.7 cm³/mol. The Bertz CT molecular complexity index is 751. The zero-order chi connectivity index (χ0) is 27.4.